The van der Waals surface area contributed by atoms with E-state index >= 15 is 0 Å². The van der Waals surface area contributed by atoms with Gasteiger partial charge in [-0.15, -0.1) is 0 Å². The second-order valence-electron chi connectivity index (χ2n) is 6.48. The van der Waals surface area contributed by atoms with Crippen molar-refractivity contribution in [1.82, 2.24) is 4.98 Å². The van der Waals surface area contributed by atoms with Crippen LogP contribution in [-0.4, -0.2) is 24.6 Å². The van der Waals surface area contributed by atoms with Gasteiger partial charge >= 0.3 is 0 Å². The van der Waals surface area contributed by atoms with E-state index in [9.17, 15) is 13.2 Å². The number of hydrogen-bond donors (Lipinski definition) is 1. The molecule has 0 spiro atoms. The summed E-state index contributed by atoms with van der Waals surface area (Å²) >= 11 is 6.26. The molecule has 1 amide bonds. The third-order valence-corrected chi connectivity index (χ3v) is 6.73. The molecule has 0 aliphatic rings. The Morgan fingerprint density at radius 2 is 1.75 bits per heavy atom. The van der Waals surface area contributed by atoms with Crippen molar-refractivity contribution in [2.75, 3.05) is 5.32 Å². The number of amides is 1. The average Bonchev–Trinajstić information content (AvgIpc) is 2.70. The first-order chi connectivity index (χ1) is 13.3. The molecule has 144 valence electrons. The van der Waals surface area contributed by atoms with E-state index in [0.29, 0.717) is 27.5 Å². The predicted octanol–water partition coefficient (Wildman–Crippen LogP) is 4.84. The maximum Gasteiger partial charge on any atom is 0.255 e. The number of pyridine rings is 1. The van der Waals surface area contributed by atoms with Crippen molar-refractivity contribution in [2.24, 2.45) is 0 Å². The first-order valence-electron chi connectivity index (χ1n) is 8.65. The number of sulfone groups is 1. The lowest BCUT2D eigenvalue weighted by molar-refractivity contribution is 0.102. The third-order valence-electron chi connectivity index (χ3n) is 4.23. The summed E-state index contributed by atoms with van der Waals surface area (Å²) < 4.78 is 24.4. The van der Waals surface area contributed by atoms with Crippen LogP contribution in [0.25, 0.3) is 11.3 Å². The van der Waals surface area contributed by atoms with Crippen LogP contribution in [-0.2, 0) is 9.84 Å². The fourth-order valence-corrected chi connectivity index (χ4v) is 3.87. The van der Waals surface area contributed by atoms with Crippen LogP contribution in [0.1, 0.15) is 24.2 Å². The lowest BCUT2D eigenvalue weighted by Gasteiger charge is -2.10. The van der Waals surface area contributed by atoms with Crippen LogP contribution in [0, 0.1) is 0 Å². The minimum atomic E-state index is -3.37. The molecule has 3 aromatic rings. The molecule has 0 saturated carbocycles. The standard InChI is InChI=1S/C21H19ClN2O3S/c1-14(2)28(26,27)17-9-6-15(7-10-17)21(25)24-16-8-11-19(22)18(13-16)20-5-3-4-12-23-20/h3-14H,1-2H3,(H,24,25). The first-order valence-corrected chi connectivity index (χ1v) is 10.6. The molecule has 0 atom stereocenters. The number of carbonyl (C=O) groups excluding carboxylic acids is 1. The van der Waals surface area contributed by atoms with Gasteiger partial charge in [0.15, 0.2) is 9.84 Å². The molecule has 0 unspecified atom stereocenters. The van der Waals surface area contributed by atoms with Crippen LogP contribution in [0.3, 0.4) is 0 Å². The fourth-order valence-electron chi connectivity index (χ4n) is 2.59. The Hall–Kier alpha value is -2.70. The van der Waals surface area contributed by atoms with E-state index in [1.54, 1.807) is 38.2 Å². The van der Waals surface area contributed by atoms with E-state index in [-0.39, 0.29) is 10.8 Å². The van der Waals surface area contributed by atoms with E-state index in [1.165, 1.54) is 24.3 Å². The highest BCUT2D eigenvalue weighted by Gasteiger charge is 2.19. The molecule has 0 radical (unpaired) electrons. The Kier molecular flexibility index (Phi) is 5.82. The average molecular weight is 415 g/mol. The third kappa shape index (κ3) is 4.24. The molecule has 1 heterocycles. The van der Waals surface area contributed by atoms with Gasteiger partial charge in [0.1, 0.15) is 0 Å². The highest BCUT2D eigenvalue weighted by Crippen LogP contribution is 2.29. The number of benzene rings is 2. The number of anilines is 1. The molecule has 5 nitrogen and oxygen atoms in total. The van der Waals surface area contributed by atoms with Gasteiger partial charge in [-0.1, -0.05) is 17.7 Å². The zero-order valence-corrected chi connectivity index (χ0v) is 17.0. The number of nitrogens with one attached hydrogen (secondary N) is 1. The summed E-state index contributed by atoms with van der Waals surface area (Å²) in [5.74, 6) is -0.345. The number of halogens is 1. The Bertz CT molecular complexity index is 1100. The van der Waals surface area contributed by atoms with Crippen LogP contribution in [0.15, 0.2) is 71.8 Å². The van der Waals surface area contributed by atoms with Crippen molar-refractivity contribution in [1.29, 1.82) is 0 Å². The molecule has 0 saturated heterocycles. The zero-order chi connectivity index (χ0) is 20.3. The van der Waals surface area contributed by atoms with Crippen LogP contribution in [0.4, 0.5) is 5.69 Å². The maximum absolute atomic E-state index is 12.5. The minimum Gasteiger partial charge on any atom is -0.322 e. The summed E-state index contributed by atoms with van der Waals surface area (Å²) in [6.45, 7) is 3.24. The molecule has 0 fully saturated rings. The maximum atomic E-state index is 12.5. The number of aromatic nitrogens is 1. The number of rotatable bonds is 5. The van der Waals surface area contributed by atoms with Gasteiger partial charge in [0.25, 0.3) is 5.91 Å². The summed E-state index contributed by atoms with van der Waals surface area (Å²) in [4.78, 5) is 17.0. The van der Waals surface area contributed by atoms with E-state index in [1.807, 2.05) is 18.2 Å². The van der Waals surface area contributed by atoms with E-state index in [4.69, 9.17) is 11.6 Å². The molecule has 3 rings (SSSR count). The quantitative estimate of drug-likeness (QED) is 0.648. The molecule has 1 N–H and O–H groups in total. The van der Waals surface area contributed by atoms with Crippen molar-refractivity contribution < 1.29 is 13.2 Å². The van der Waals surface area contributed by atoms with Gasteiger partial charge in [0.05, 0.1) is 20.9 Å². The molecular formula is C21H19ClN2O3S. The summed E-state index contributed by atoms with van der Waals surface area (Å²) in [6, 6.07) is 16.5. The van der Waals surface area contributed by atoms with Gasteiger partial charge in [0, 0.05) is 23.0 Å². The van der Waals surface area contributed by atoms with Crippen LogP contribution >= 0.6 is 11.6 Å². The highest BCUT2D eigenvalue weighted by atomic mass is 35.5. The first kappa shape index (κ1) is 20.0. The van der Waals surface area contributed by atoms with Gasteiger partial charge in [-0.25, -0.2) is 8.42 Å². The van der Waals surface area contributed by atoms with Gasteiger partial charge in [0.2, 0.25) is 0 Å². The Morgan fingerprint density at radius 1 is 1.04 bits per heavy atom. The number of nitrogens with zero attached hydrogens (tertiary/aromatic N) is 1. The van der Waals surface area contributed by atoms with Gasteiger partial charge in [-0.3, -0.25) is 9.78 Å². The molecule has 28 heavy (non-hydrogen) atoms. The minimum absolute atomic E-state index is 0.197. The van der Waals surface area contributed by atoms with Crippen LogP contribution in [0.5, 0.6) is 0 Å². The van der Waals surface area contributed by atoms with Gasteiger partial charge in [-0.05, 0) is 68.4 Å². The smallest absolute Gasteiger partial charge is 0.255 e. The fraction of sp³-hybridized carbons (Fsp3) is 0.143. The second kappa shape index (κ2) is 8.12. The molecule has 7 heteroatoms. The molecule has 0 aliphatic heterocycles. The molecule has 1 aromatic heterocycles. The van der Waals surface area contributed by atoms with Crippen molar-refractivity contribution >= 4 is 33.0 Å². The Morgan fingerprint density at radius 3 is 2.36 bits per heavy atom. The van der Waals surface area contributed by atoms with Crippen molar-refractivity contribution in [2.45, 2.75) is 24.0 Å². The summed E-state index contributed by atoms with van der Waals surface area (Å²) in [5.41, 5.74) is 2.33. The van der Waals surface area contributed by atoms with Crippen LogP contribution in [0.2, 0.25) is 5.02 Å². The van der Waals surface area contributed by atoms with E-state index in [0.717, 1.165) is 0 Å². The molecule has 0 aliphatic carbocycles. The SMILES string of the molecule is CC(C)S(=O)(=O)c1ccc(C(=O)Nc2ccc(Cl)c(-c3ccccn3)c2)cc1. The molecular weight excluding hydrogens is 396 g/mol. The summed E-state index contributed by atoms with van der Waals surface area (Å²) in [6.07, 6.45) is 1.67. The summed E-state index contributed by atoms with van der Waals surface area (Å²) in [7, 11) is -3.37. The predicted molar refractivity (Wildman–Crippen MR) is 111 cm³/mol. The monoisotopic (exact) mass is 414 g/mol. The largest absolute Gasteiger partial charge is 0.322 e. The lowest BCUT2D eigenvalue weighted by atomic mass is 10.1. The van der Waals surface area contributed by atoms with Gasteiger partial charge in [-0.2, -0.15) is 0 Å². The Balaban J connectivity index is 1.82. The normalized spacial score (nSPS) is 11.4. The zero-order valence-electron chi connectivity index (χ0n) is 15.4. The second-order valence-corrected chi connectivity index (χ2v) is 9.39. The number of hydrogen-bond acceptors (Lipinski definition) is 4. The lowest BCUT2D eigenvalue weighted by Crippen LogP contribution is -2.15. The molecule has 2 aromatic carbocycles. The summed E-state index contributed by atoms with van der Waals surface area (Å²) in [5, 5.41) is 2.81. The number of carbonyl (C=O) groups is 1. The van der Waals surface area contributed by atoms with E-state index in [2.05, 4.69) is 10.3 Å². The van der Waals surface area contributed by atoms with Gasteiger partial charge < -0.3 is 5.32 Å². The van der Waals surface area contributed by atoms with Crippen molar-refractivity contribution in [3.63, 3.8) is 0 Å². The van der Waals surface area contributed by atoms with E-state index < -0.39 is 15.1 Å². The Labute approximate surface area is 169 Å². The molecule has 0 bridgehead atoms. The topological polar surface area (TPSA) is 76.1 Å². The highest BCUT2D eigenvalue weighted by molar-refractivity contribution is 7.92. The van der Waals surface area contributed by atoms with Crippen molar-refractivity contribution in [3.05, 3.63) is 77.4 Å². The van der Waals surface area contributed by atoms with Crippen LogP contribution < -0.4 is 5.32 Å². The van der Waals surface area contributed by atoms with Crippen molar-refractivity contribution in [3.8, 4) is 11.3 Å².